The fourth-order valence-corrected chi connectivity index (χ4v) is 4.36. The zero-order valence-electron chi connectivity index (χ0n) is 16.6. The molecule has 0 aliphatic rings. The summed E-state index contributed by atoms with van der Waals surface area (Å²) in [5.41, 5.74) is 3.36. The predicted octanol–water partition coefficient (Wildman–Crippen LogP) is 3.69. The van der Waals surface area contributed by atoms with E-state index < -0.39 is 22.5 Å². The maximum atomic E-state index is 13.2. The lowest BCUT2D eigenvalue weighted by atomic mass is 10.2. The predicted molar refractivity (Wildman–Crippen MR) is 121 cm³/mol. The van der Waals surface area contributed by atoms with Crippen LogP contribution in [-0.2, 0) is 14.8 Å². The third-order valence-electron chi connectivity index (χ3n) is 4.23. The SMILES string of the molecule is COc1ccc(N(CC(=O)N/N=C/c2cccc(Cl)c2)S(=O)(=O)c2ccccc2)cc1. The molecule has 0 heterocycles. The van der Waals surface area contributed by atoms with E-state index in [1.165, 1.54) is 25.5 Å². The number of nitrogens with one attached hydrogen (secondary N) is 1. The van der Waals surface area contributed by atoms with Gasteiger partial charge in [-0.1, -0.05) is 41.9 Å². The van der Waals surface area contributed by atoms with Crippen molar-refractivity contribution in [3.05, 3.63) is 89.4 Å². The Morgan fingerprint density at radius 2 is 1.77 bits per heavy atom. The molecule has 0 aromatic heterocycles. The highest BCUT2D eigenvalue weighted by Crippen LogP contribution is 2.25. The lowest BCUT2D eigenvalue weighted by Crippen LogP contribution is -2.39. The van der Waals surface area contributed by atoms with E-state index in [0.717, 1.165) is 4.31 Å². The lowest BCUT2D eigenvalue weighted by Gasteiger charge is -2.23. The largest absolute Gasteiger partial charge is 0.497 e. The van der Waals surface area contributed by atoms with E-state index in [0.29, 0.717) is 22.0 Å². The maximum Gasteiger partial charge on any atom is 0.264 e. The van der Waals surface area contributed by atoms with Gasteiger partial charge in [0.1, 0.15) is 12.3 Å². The van der Waals surface area contributed by atoms with Gasteiger partial charge in [0.15, 0.2) is 0 Å². The van der Waals surface area contributed by atoms with Crippen molar-refractivity contribution < 1.29 is 17.9 Å². The number of rotatable bonds is 8. The molecule has 0 aliphatic carbocycles. The highest BCUT2D eigenvalue weighted by Gasteiger charge is 2.27. The summed E-state index contributed by atoms with van der Waals surface area (Å²) in [6.07, 6.45) is 1.42. The van der Waals surface area contributed by atoms with Crippen molar-refractivity contribution in [3.63, 3.8) is 0 Å². The van der Waals surface area contributed by atoms with Gasteiger partial charge in [-0.15, -0.1) is 0 Å². The van der Waals surface area contributed by atoms with Crippen molar-refractivity contribution in [1.29, 1.82) is 0 Å². The summed E-state index contributed by atoms with van der Waals surface area (Å²) in [6, 6.07) is 21.2. The number of benzene rings is 3. The topological polar surface area (TPSA) is 88.1 Å². The number of anilines is 1. The highest BCUT2D eigenvalue weighted by molar-refractivity contribution is 7.92. The Hall–Kier alpha value is -3.36. The first kappa shape index (κ1) is 22.3. The third kappa shape index (κ3) is 5.84. The Morgan fingerprint density at radius 1 is 1.06 bits per heavy atom. The second-order valence-corrected chi connectivity index (χ2v) is 8.67. The van der Waals surface area contributed by atoms with E-state index in [4.69, 9.17) is 16.3 Å². The van der Waals surface area contributed by atoms with Crippen molar-refractivity contribution in [2.24, 2.45) is 5.10 Å². The molecule has 0 aliphatic heterocycles. The molecule has 0 unspecified atom stereocenters. The summed E-state index contributed by atoms with van der Waals surface area (Å²) in [7, 11) is -2.48. The molecule has 0 atom stereocenters. The molecule has 0 saturated heterocycles. The van der Waals surface area contributed by atoms with Crippen LogP contribution in [0.1, 0.15) is 5.56 Å². The summed E-state index contributed by atoms with van der Waals surface area (Å²) in [5.74, 6) is -0.0371. The number of sulfonamides is 1. The Morgan fingerprint density at radius 3 is 2.42 bits per heavy atom. The minimum Gasteiger partial charge on any atom is -0.497 e. The van der Waals surface area contributed by atoms with Gasteiger partial charge in [-0.05, 0) is 54.1 Å². The number of hydrogen-bond donors (Lipinski definition) is 1. The first-order valence-electron chi connectivity index (χ1n) is 9.19. The van der Waals surface area contributed by atoms with Crippen LogP contribution in [0.2, 0.25) is 5.02 Å². The van der Waals surface area contributed by atoms with Gasteiger partial charge in [0, 0.05) is 5.02 Å². The molecular formula is C22H20ClN3O4S. The number of nitrogens with zero attached hydrogens (tertiary/aromatic N) is 2. The smallest absolute Gasteiger partial charge is 0.264 e. The van der Waals surface area contributed by atoms with E-state index in [2.05, 4.69) is 10.5 Å². The van der Waals surface area contributed by atoms with Crippen molar-refractivity contribution in [2.75, 3.05) is 18.0 Å². The number of carbonyl (C=O) groups is 1. The number of ether oxygens (including phenoxy) is 1. The van der Waals surface area contributed by atoms with Crippen LogP contribution >= 0.6 is 11.6 Å². The van der Waals surface area contributed by atoms with Crippen LogP contribution in [0.5, 0.6) is 5.75 Å². The zero-order chi connectivity index (χ0) is 22.3. The maximum absolute atomic E-state index is 13.2. The molecule has 9 heteroatoms. The molecule has 1 amide bonds. The summed E-state index contributed by atoms with van der Waals surface area (Å²) in [5, 5.41) is 4.42. The molecule has 0 fully saturated rings. The monoisotopic (exact) mass is 457 g/mol. The molecule has 0 saturated carbocycles. The molecule has 31 heavy (non-hydrogen) atoms. The van der Waals surface area contributed by atoms with Gasteiger partial charge in [-0.25, -0.2) is 13.8 Å². The van der Waals surface area contributed by atoms with Crippen LogP contribution in [0, 0.1) is 0 Å². The van der Waals surface area contributed by atoms with E-state index in [9.17, 15) is 13.2 Å². The van der Waals surface area contributed by atoms with Gasteiger partial charge in [-0.2, -0.15) is 5.10 Å². The number of hydrogen-bond acceptors (Lipinski definition) is 5. The van der Waals surface area contributed by atoms with Crippen molar-refractivity contribution in [1.82, 2.24) is 5.43 Å². The lowest BCUT2D eigenvalue weighted by molar-refractivity contribution is -0.119. The molecule has 0 bridgehead atoms. The van der Waals surface area contributed by atoms with Crippen LogP contribution < -0.4 is 14.5 Å². The number of carbonyl (C=O) groups excluding carboxylic acids is 1. The summed E-state index contributed by atoms with van der Waals surface area (Å²) in [4.78, 5) is 12.6. The summed E-state index contributed by atoms with van der Waals surface area (Å²) < 4.78 is 32.6. The summed E-state index contributed by atoms with van der Waals surface area (Å²) >= 11 is 5.92. The molecule has 160 valence electrons. The molecule has 3 aromatic carbocycles. The quantitative estimate of drug-likeness (QED) is 0.412. The standard InChI is InChI=1S/C22H20ClN3O4S/c1-30-20-12-10-19(11-13-20)26(31(28,29)21-8-3-2-4-9-21)16-22(27)25-24-15-17-6-5-7-18(23)14-17/h2-15H,16H2,1H3,(H,25,27)/b24-15+. The van der Waals surface area contributed by atoms with E-state index in [1.807, 2.05) is 0 Å². The van der Waals surface area contributed by atoms with Crippen molar-refractivity contribution in [3.8, 4) is 5.75 Å². The summed E-state index contributed by atoms with van der Waals surface area (Å²) in [6.45, 7) is -0.462. The van der Waals surface area contributed by atoms with Gasteiger partial charge in [0.05, 0.1) is 23.9 Å². The second-order valence-electron chi connectivity index (χ2n) is 6.37. The minimum absolute atomic E-state index is 0.0704. The third-order valence-corrected chi connectivity index (χ3v) is 6.25. The van der Waals surface area contributed by atoms with Crippen LogP contribution in [0.4, 0.5) is 5.69 Å². The van der Waals surface area contributed by atoms with Crippen molar-refractivity contribution in [2.45, 2.75) is 4.90 Å². The minimum atomic E-state index is -3.99. The fraction of sp³-hybridized carbons (Fsp3) is 0.0909. The molecule has 0 radical (unpaired) electrons. The van der Waals surface area contributed by atoms with Gasteiger partial charge in [0.25, 0.3) is 15.9 Å². The Balaban J connectivity index is 1.83. The van der Waals surface area contributed by atoms with Gasteiger partial charge >= 0.3 is 0 Å². The van der Waals surface area contributed by atoms with Gasteiger partial charge < -0.3 is 4.74 Å². The average molecular weight is 458 g/mol. The Kier molecular flexibility index (Phi) is 7.28. The second kappa shape index (κ2) is 10.1. The van der Waals surface area contributed by atoms with Crippen LogP contribution in [0.3, 0.4) is 0 Å². The molecular weight excluding hydrogens is 438 g/mol. The van der Waals surface area contributed by atoms with E-state index in [1.54, 1.807) is 66.7 Å². The molecule has 7 nitrogen and oxygen atoms in total. The van der Waals surface area contributed by atoms with Gasteiger partial charge in [-0.3, -0.25) is 9.10 Å². The fourth-order valence-electron chi connectivity index (χ4n) is 2.71. The number of hydrazone groups is 1. The van der Waals surface area contributed by atoms with E-state index >= 15 is 0 Å². The number of halogens is 1. The first-order valence-corrected chi connectivity index (χ1v) is 11.0. The van der Waals surface area contributed by atoms with Crippen LogP contribution in [-0.4, -0.2) is 34.2 Å². The zero-order valence-corrected chi connectivity index (χ0v) is 18.2. The van der Waals surface area contributed by atoms with Crippen LogP contribution in [0.25, 0.3) is 0 Å². The molecule has 1 N–H and O–H groups in total. The van der Waals surface area contributed by atoms with Crippen molar-refractivity contribution >= 4 is 39.4 Å². The molecule has 3 rings (SSSR count). The number of methoxy groups -OCH3 is 1. The average Bonchev–Trinajstić information content (AvgIpc) is 2.78. The molecule has 0 spiro atoms. The Labute approximate surface area is 186 Å². The first-order chi connectivity index (χ1) is 14.9. The van der Waals surface area contributed by atoms with Crippen LogP contribution in [0.15, 0.2) is 88.9 Å². The van der Waals surface area contributed by atoms with Gasteiger partial charge in [0.2, 0.25) is 0 Å². The highest BCUT2D eigenvalue weighted by atomic mass is 35.5. The molecule has 3 aromatic rings. The van der Waals surface area contributed by atoms with E-state index in [-0.39, 0.29) is 4.90 Å². The Bertz CT molecular complexity index is 1170. The number of amides is 1. The normalized spacial score (nSPS) is 11.3.